The zero-order valence-corrected chi connectivity index (χ0v) is 16.2. The monoisotopic (exact) mass is 350 g/mol. The van der Waals surface area contributed by atoms with Crippen molar-refractivity contribution in [2.75, 3.05) is 46.9 Å². The first-order valence-electron chi connectivity index (χ1n) is 9.32. The molecule has 1 aliphatic heterocycles. The Morgan fingerprint density at radius 1 is 1.36 bits per heavy atom. The molecule has 1 saturated heterocycles. The van der Waals surface area contributed by atoms with Crippen molar-refractivity contribution in [3.8, 4) is 0 Å². The van der Waals surface area contributed by atoms with Crippen LogP contribution in [0.2, 0.25) is 0 Å². The molecular formula is C18H34N6O. The van der Waals surface area contributed by atoms with Gasteiger partial charge in [0.15, 0.2) is 5.96 Å². The highest BCUT2D eigenvalue weighted by atomic mass is 16.5. The molecule has 25 heavy (non-hydrogen) atoms. The minimum atomic E-state index is 0.573. The Hall–Kier alpha value is -1.60. The van der Waals surface area contributed by atoms with Crippen molar-refractivity contribution in [3.05, 3.63) is 17.5 Å². The highest BCUT2D eigenvalue weighted by Crippen LogP contribution is 2.15. The van der Waals surface area contributed by atoms with Gasteiger partial charge >= 0.3 is 0 Å². The van der Waals surface area contributed by atoms with Crippen molar-refractivity contribution in [1.82, 2.24) is 25.3 Å². The SMILES string of the molecule is CN=C(NCCCn1nc(C)cc1C)NCC1CCCN1CCOC. The Balaban J connectivity index is 1.66. The second-order valence-electron chi connectivity index (χ2n) is 6.71. The molecule has 1 aromatic heterocycles. The number of ether oxygens (including phenoxy) is 1. The summed E-state index contributed by atoms with van der Waals surface area (Å²) in [5.74, 6) is 0.881. The minimum Gasteiger partial charge on any atom is -0.383 e. The Morgan fingerprint density at radius 3 is 2.88 bits per heavy atom. The van der Waals surface area contributed by atoms with Gasteiger partial charge in [-0.25, -0.2) is 0 Å². The van der Waals surface area contributed by atoms with Gasteiger partial charge in [0.1, 0.15) is 0 Å². The van der Waals surface area contributed by atoms with Crippen molar-refractivity contribution in [2.45, 2.75) is 45.7 Å². The zero-order valence-electron chi connectivity index (χ0n) is 16.2. The average Bonchev–Trinajstić information content (AvgIpc) is 3.18. The second kappa shape index (κ2) is 10.4. The number of likely N-dealkylation sites (tertiary alicyclic amines) is 1. The fourth-order valence-electron chi connectivity index (χ4n) is 3.40. The van der Waals surface area contributed by atoms with Crippen molar-refractivity contribution in [1.29, 1.82) is 0 Å². The van der Waals surface area contributed by atoms with Crippen LogP contribution in [-0.4, -0.2) is 73.6 Å². The van der Waals surface area contributed by atoms with Gasteiger partial charge in [-0.2, -0.15) is 5.10 Å². The number of aromatic nitrogens is 2. The maximum Gasteiger partial charge on any atom is 0.191 e. The third-order valence-corrected chi connectivity index (χ3v) is 4.75. The molecule has 0 aliphatic carbocycles. The van der Waals surface area contributed by atoms with E-state index in [2.05, 4.69) is 43.3 Å². The largest absolute Gasteiger partial charge is 0.383 e. The smallest absolute Gasteiger partial charge is 0.191 e. The van der Waals surface area contributed by atoms with Crippen molar-refractivity contribution in [2.24, 2.45) is 4.99 Å². The van der Waals surface area contributed by atoms with Gasteiger partial charge in [-0.3, -0.25) is 14.6 Å². The molecule has 0 amide bonds. The maximum atomic E-state index is 5.21. The highest BCUT2D eigenvalue weighted by Gasteiger charge is 2.23. The molecule has 1 fully saturated rings. The number of aliphatic imine (C=N–C) groups is 1. The van der Waals surface area contributed by atoms with Crippen molar-refractivity contribution >= 4 is 5.96 Å². The van der Waals surface area contributed by atoms with Gasteiger partial charge in [0, 0.05) is 52.1 Å². The lowest BCUT2D eigenvalue weighted by Crippen LogP contribution is -2.45. The first kappa shape index (κ1) is 19.7. The van der Waals surface area contributed by atoms with Gasteiger partial charge in [0.05, 0.1) is 12.3 Å². The van der Waals surface area contributed by atoms with E-state index in [4.69, 9.17) is 4.74 Å². The third-order valence-electron chi connectivity index (χ3n) is 4.75. The average molecular weight is 351 g/mol. The molecular weight excluding hydrogens is 316 g/mol. The van der Waals surface area contributed by atoms with E-state index in [0.717, 1.165) is 50.9 Å². The molecule has 0 radical (unpaired) electrons. The van der Waals surface area contributed by atoms with Crippen molar-refractivity contribution in [3.63, 3.8) is 0 Å². The van der Waals surface area contributed by atoms with Crippen LogP contribution < -0.4 is 10.6 Å². The Kier molecular flexibility index (Phi) is 8.21. The lowest BCUT2D eigenvalue weighted by Gasteiger charge is -2.25. The summed E-state index contributed by atoms with van der Waals surface area (Å²) >= 11 is 0. The van der Waals surface area contributed by atoms with Crippen LogP contribution in [0.3, 0.4) is 0 Å². The van der Waals surface area contributed by atoms with E-state index in [9.17, 15) is 0 Å². The Labute approximate surface area is 151 Å². The number of hydrogen-bond acceptors (Lipinski definition) is 4. The Morgan fingerprint density at radius 2 is 2.20 bits per heavy atom. The molecule has 2 rings (SSSR count). The predicted molar refractivity (Wildman–Crippen MR) is 102 cm³/mol. The van der Waals surface area contributed by atoms with Crippen LogP contribution in [0.4, 0.5) is 0 Å². The van der Waals surface area contributed by atoms with Crippen LogP contribution in [0, 0.1) is 13.8 Å². The number of aryl methyl sites for hydroxylation is 3. The molecule has 1 aromatic rings. The summed E-state index contributed by atoms with van der Waals surface area (Å²) in [5, 5.41) is 11.4. The van der Waals surface area contributed by atoms with E-state index >= 15 is 0 Å². The van der Waals surface area contributed by atoms with Crippen LogP contribution >= 0.6 is 0 Å². The number of nitrogens with one attached hydrogen (secondary N) is 2. The van der Waals surface area contributed by atoms with Crippen LogP contribution in [0.5, 0.6) is 0 Å². The van der Waals surface area contributed by atoms with E-state index in [-0.39, 0.29) is 0 Å². The fraction of sp³-hybridized carbons (Fsp3) is 0.778. The molecule has 0 aromatic carbocycles. The molecule has 1 unspecified atom stereocenters. The highest BCUT2D eigenvalue weighted by molar-refractivity contribution is 5.79. The standard InChI is InChI=1S/C18H34N6O/c1-15-13-16(2)24(22-15)10-6-8-20-18(19-3)21-14-17-7-5-9-23(17)11-12-25-4/h13,17H,5-12,14H2,1-4H3,(H2,19,20,21). The summed E-state index contributed by atoms with van der Waals surface area (Å²) in [5.41, 5.74) is 2.30. The molecule has 1 aliphatic rings. The molecule has 2 N–H and O–H groups in total. The van der Waals surface area contributed by atoms with E-state index in [1.807, 2.05) is 14.0 Å². The Bertz CT molecular complexity index is 542. The first-order valence-corrected chi connectivity index (χ1v) is 9.32. The number of guanidine groups is 1. The normalized spacial score (nSPS) is 18.7. The third kappa shape index (κ3) is 6.32. The van der Waals surface area contributed by atoms with Crippen LogP contribution in [0.1, 0.15) is 30.7 Å². The van der Waals surface area contributed by atoms with Gasteiger partial charge in [-0.1, -0.05) is 0 Å². The lowest BCUT2D eigenvalue weighted by atomic mass is 10.2. The topological polar surface area (TPSA) is 66.7 Å². The molecule has 1 atom stereocenters. The number of rotatable bonds is 9. The molecule has 2 heterocycles. The number of hydrogen-bond donors (Lipinski definition) is 2. The summed E-state index contributed by atoms with van der Waals surface area (Å²) in [6.07, 6.45) is 3.53. The first-order chi connectivity index (χ1) is 12.1. The van der Waals surface area contributed by atoms with Crippen LogP contribution in [0.15, 0.2) is 11.1 Å². The van der Waals surface area contributed by atoms with Gasteiger partial charge in [-0.15, -0.1) is 0 Å². The predicted octanol–water partition coefficient (Wildman–Crippen LogP) is 1.17. The molecule has 0 spiro atoms. The van der Waals surface area contributed by atoms with Gasteiger partial charge in [0.2, 0.25) is 0 Å². The van der Waals surface area contributed by atoms with Gasteiger partial charge in [0.25, 0.3) is 0 Å². The number of nitrogens with zero attached hydrogens (tertiary/aromatic N) is 4. The molecule has 142 valence electrons. The van der Waals surface area contributed by atoms with Gasteiger partial charge < -0.3 is 15.4 Å². The van der Waals surface area contributed by atoms with Gasteiger partial charge in [-0.05, 0) is 45.7 Å². The molecule has 7 heteroatoms. The minimum absolute atomic E-state index is 0.573. The van der Waals surface area contributed by atoms with Crippen molar-refractivity contribution < 1.29 is 4.74 Å². The quantitative estimate of drug-likeness (QED) is 0.397. The summed E-state index contributed by atoms with van der Waals surface area (Å²) < 4.78 is 7.27. The molecule has 0 saturated carbocycles. The van der Waals surface area contributed by atoms with Crippen LogP contribution in [-0.2, 0) is 11.3 Å². The van der Waals surface area contributed by atoms with E-state index < -0.39 is 0 Å². The number of methoxy groups -OCH3 is 1. The van der Waals surface area contributed by atoms with E-state index in [1.54, 1.807) is 7.11 Å². The maximum absolute atomic E-state index is 5.21. The summed E-state index contributed by atoms with van der Waals surface area (Å²) in [6, 6.07) is 2.69. The zero-order chi connectivity index (χ0) is 18.1. The fourth-order valence-corrected chi connectivity index (χ4v) is 3.40. The molecule has 7 nitrogen and oxygen atoms in total. The van der Waals surface area contributed by atoms with E-state index in [0.29, 0.717) is 6.04 Å². The van der Waals surface area contributed by atoms with E-state index in [1.165, 1.54) is 25.1 Å². The van der Waals surface area contributed by atoms with Crippen LogP contribution in [0.25, 0.3) is 0 Å². The lowest BCUT2D eigenvalue weighted by molar-refractivity contribution is 0.141. The summed E-state index contributed by atoms with van der Waals surface area (Å²) in [4.78, 5) is 6.84. The molecule has 0 bridgehead atoms. The summed E-state index contributed by atoms with van der Waals surface area (Å²) in [7, 11) is 3.59. The summed E-state index contributed by atoms with van der Waals surface area (Å²) in [6.45, 7) is 9.86. The second-order valence-corrected chi connectivity index (χ2v) is 6.71.